The van der Waals surface area contributed by atoms with Gasteiger partial charge in [-0.05, 0) is 49.9 Å². The van der Waals surface area contributed by atoms with Crippen LogP contribution in [0.1, 0.15) is 44.2 Å². The Morgan fingerprint density at radius 3 is 2.47 bits per heavy atom. The van der Waals surface area contributed by atoms with Crippen LogP contribution in [0, 0.1) is 17.6 Å². The molecule has 1 nitrogen and oxygen atoms in total. The summed E-state index contributed by atoms with van der Waals surface area (Å²) in [6.07, 6.45) is 5.18. The van der Waals surface area contributed by atoms with Gasteiger partial charge in [-0.25, -0.2) is 8.78 Å². The van der Waals surface area contributed by atoms with Crippen molar-refractivity contribution in [3.63, 3.8) is 0 Å². The van der Waals surface area contributed by atoms with E-state index in [-0.39, 0.29) is 6.04 Å². The summed E-state index contributed by atoms with van der Waals surface area (Å²) in [5.41, 5.74) is 0.675. The quantitative estimate of drug-likeness (QED) is 0.744. The summed E-state index contributed by atoms with van der Waals surface area (Å²) >= 11 is 0. The first kappa shape index (κ1) is 12.5. The lowest BCUT2D eigenvalue weighted by atomic mass is 10.1. The van der Waals surface area contributed by atoms with E-state index in [0.717, 1.165) is 24.9 Å². The van der Waals surface area contributed by atoms with E-state index in [0.29, 0.717) is 5.56 Å². The van der Waals surface area contributed by atoms with E-state index in [1.807, 2.05) is 6.92 Å². The van der Waals surface area contributed by atoms with Crippen molar-refractivity contribution >= 4 is 0 Å². The molecule has 0 heterocycles. The van der Waals surface area contributed by atoms with Gasteiger partial charge in [0.15, 0.2) is 0 Å². The standard InChI is InChI=1S/C14H19F2N/c1-10(17-6-2-3-11-4-5-11)12-7-13(15)9-14(16)8-12/h7-11,17H,2-6H2,1H3. The zero-order chi connectivity index (χ0) is 12.3. The van der Waals surface area contributed by atoms with Gasteiger partial charge in [0.05, 0.1) is 0 Å². The second kappa shape index (κ2) is 5.58. The Labute approximate surface area is 101 Å². The van der Waals surface area contributed by atoms with Crippen molar-refractivity contribution in [3.8, 4) is 0 Å². The Kier molecular flexibility index (Phi) is 4.11. The van der Waals surface area contributed by atoms with Crippen LogP contribution in [0.15, 0.2) is 18.2 Å². The molecule has 0 spiro atoms. The van der Waals surface area contributed by atoms with Crippen LogP contribution in [-0.4, -0.2) is 6.54 Å². The Hall–Kier alpha value is -0.960. The number of hydrogen-bond donors (Lipinski definition) is 1. The van der Waals surface area contributed by atoms with Crippen LogP contribution in [0.25, 0.3) is 0 Å². The van der Waals surface area contributed by atoms with Crippen LogP contribution in [-0.2, 0) is 0 Å². The highest BCUT2D eigenvalue weighted by atomic mass is 19.1. The van der Waals surface area contributed by atoms with Gasteiger partial charge in [0.25, 0.3) is 0 Å². The fraction of sp³-hybridized carbons (Fsp3) is 0.571. The van der Waals surface area contributed by atoms with Gasteiger partial charge >= 0.3 is 0 Å². The van der Waals surface area contributed by atoms with Crippen LogP contribution in [0.4, 0.5) is 8.78 Å². The third-order valence-electron chi connectivity index (χ3n) is 3.32. The van der Waals surface area contributed by atoms with E-state index in [1.165, 1.54) is 31.4 Å². The molecule has 0 aliphatic heterocycles. The first-order valence-corrected chi connectivity index (χ1v) is 6.34. The highest BCUT2D eigenvalue weighted by Gasteiger charge is 2.20. The zero-order valence-corrected chi connectivity index (χ0v) is 10.2. The molecule has 1 aliphatic carbocycles. The molecular formula is C14H19F2N. The third-order valence-corrected chi connectivity index (χ3v) is 3.32. The molecule has 0 saturated heterocycles. The fourth-order valence-electron chi connectivity index (χ4n) is 2.06. The molecule has 0 radical (unpaired) electrons. The lowest BCUT2D eigenvalue weighted by Crippen LogP contribution is -2.20. The molecule has 0 amide bonds. The Morgan fingerprint density at radius 2 is 1.88 bits per heavy atom. The summed E-state index contributed by atoms with van der Waals surface area (Å²) < 4.78 is 26.0. The van der Waals surface area contributed by atoms with Gasteiger partial charge in [0, 0.05) is 12.1 Å². The minimum absolute atomic E-state index is 0.000553. The molecule has 0 bridgehead atoms. The largest absolute Gasteiger partial charge is 0.310 e. The molecule has 94 valence electrons. The van der Waals surface area contributed by atoms with Crippen molar-refractivity contribution in [2.45, 2.75) is 38.6 Å². The summed E-state index contributed by atoms with van der Waals surface area (Å²) in [7, 11) is 0. The number of hydrogen-bond acceptors (Lipinski definition) is 1. The van der Waals surface area contributed by atoms with Crippen LogP contribution in [0.3, 0.4) is 0 Å². The van der Waals surface area contributed by atoms with Crippen LogP contribution < -0.4 is 5.32 Å². The SMILES string of the molecule is CC(NCCCC1CC1)c1cc(F)cc(F)c1. The summed E-state index contributed by atoms with van der Waals surface area (Å²) in [6, 6.07) is 3.69. The van der Waals surface area contributed by atoms with Crippen molar-refractivity contribution in [3.05, 3.63) is 35.4 Å². The predicted octanol–water partition coefficient (Wildman–Crippen LogP) is 3.81. The highest BCUT2D eigenvalue weighted by Crippen LogP contribution is 2.33. The zero-order valence-electron chi connectivity index (χ0n) is 10.2. The van der Waals surface area contributed by atoms with Gasteiger partial charge in [-0.1, -0.05) is 12.8 Å². The van der Waals surface area contributed by atoms with Gasteiger partial charge in [-0.3, -0.25) is 0 Å². The molecule has 1 aromatic carbocycles. The normalized spacial score (nSPS) is 17.1. The molecule has 0 aromatic heterocycles. The molecule has 3 heteroatoms. The first-order valence-electron chi connectivity index (χ1n) is 6.34. The van der Waals surface area contributed by atoms with Crippen molar-refractivity contribution in [2.24, 2.45) is 5.92 Å². The van der Waals surface area contributed by atoms with Crippen molar-refractivity contribution < 1.29 is 8.78 Å². The van der Waals surface area contributed by atoms with Crippen LogP contribution >= 0.6 is 0 Å². The summed E-state index contributed by atoms with van der Waals surface area (Å²) in [4.78, 5) is 0. The van der Waals surface area contributed by atoms with Gasteiger partial charge < -0.3 is 5.32 Å². The van der Waals surface area contributed by atoms with Crippen LogP contribution in [0.5, 0.6) is 0 Å². The lowest BCUT2D eigenvalue weighted by molar-refractivity contribution is 0.522. The average Bonchev–Trinajstić information content (AvgIpc) is 3.06. The summed E-state index contributed by atoms with van der Waals surface area (Å²) in [6.45, 7) is 2.85. The monoisotopic (exact) mass is 239 g/mol. The minimum Gasteiger partial charge on any atom is -0.310 e. The number of halogens is 2. The lowest BCUT2D eigenvalue weighted by Gasteiger charge is -2.14. The molecule has 1 saturated carbocycles. The third kappa shape index (κ3) is 4.08. The van der Waals surface area contributed by atoms with Gasteiger partial charge in [-0.15, -0.1) is 0 Å². The molecule has 1 atom stereocenters. The van der Waals surface area contributed by atoms with E-state index in [4.69, 9.17) is 0 Å². The Balaban J connectivity index is 1.78. The molecule has 1 aromatic rings. The maximum atomic E-state index is 13.0. The smallest absolute Gasteiger partial charge is 0.126 e. The molecule has 1 N–H and O–H groups in total. The number of nitrogens with one attached hydrogen (secondary N) is 1. The van der Waals surface area contributed by atoms with E-state index in [9.17, 15) is 8.78 Å². The van der Waals surface area contributed by atoms with E-state index in [2.05, 4.69) is 5.32 Å². The van der Waals surface area contributed by atoms with E-state index in [1.54, 1.807) is 0 Å². The first-order chi connectivity index (χ1) is 8.15. The Bertz CT molecular complexity index is 354. The molecule has 1 aliphatic rings. The van der Waals surface area contributed by atoms with E-state index >= 15 is 0 Å². The number of rotatable bonds is 6. The summed E-state index contributed by atoms with van der Waals surface area (Å²) in [5, 5.41) is 3.30. The van der Waals surface area contributed by atoms with Gasteiger partial charge in [0.2, 0.25) is 0 Å². The molecule has 1 fully saturated rings. The van der Waals surface area contributed by atoms with E-state index < -0.39 is 11.6 Å². The highest BCUT2D eigenvalue weighted by molar-refractivity contribution is 5.20. The van der Waals surface area contributed by atoms with Crippen LogP contribution in [0.2, 0.25) is 0 Å². The minimum atomic E-state index is -0.508. The van der Waals surface area contributed by atoms with Crippen molar-refractivity contribution in [1.82, 2.24) is 5.32 Å². The predicted molar refractivity (Wildman–Crippen MR) is 64.7 cm³/mol. The topological polar surface area (TPSA) is 12.0 Å². The molecule has 1 unspecified atom stereocenters. The number of benzene rings is 1. The van der Waals surface area contributed by atoms with Gasteiger partial charge in [-0.2, -0.15) is 0 Å². The van der Waals surface area contributed by atoms with Crippen molar-refractivity contribution in [2.75, 3.05) is 6.54 Å². The molecular weight excluding hydrogens is 220 g/mol. The average molecular weight is 239 g/mol. The van der Waals surface area contributed by atoms with Gasteiger partial charge in [0.1, 0.15) is 11.6 Å². The van der Waals surface area contributed by atoms with Crippen molar-refractivity contribution in [1.29, 1.82) is 0 Å². The molecule has 17 heavy (non-hydrogen) atoms. The fourth-order valence-corrected chi connectivity index (χ4v) is 2.06. The summed E-state index contributed by atoms with van der Waals surface area (Å²) in [5.74, 6) is -0.0722. The second-order valence-corrected chi connectivity index (χ2v) is 4.96. The second-order valence-electron chi connectivity index (χ2n) is 4.96. The maximum absolute atomic E-state index is 13.0. The maximum Gasteiger partial charge on any atom is 0.126 e. The molecule has 2 rings (SSSR count). The Morgan fingerprint density at radius 1 is 1.24 bits per heavy atom.